The predicted molar refractivity (Wildman–Crippen MR) is 78.7 cm³/mol. The molecule has 22 heavy (non-hydrogen) atoms. The van der Waals surface area contributed by atoms with Gasteiger partial charge in [0.05, 0.1) is 23.5 Å². The van der Waals surface area contributed by atoms with Crippen LogP contribution < -0.4 is 0 Å². The molecule has 1 fully saturated rings. The number of hydrogen-bond donors (Lipinski definition) is 1. The van der Waals surface area contributed by atoms with Crippen LogP contribution in [0, 0.1) is 6.92 Å². The summed E-state index contributed by atoms with van der Waals surface area (Å²) < 4.78 is 34.0. The molecule has 1 aliphatic rings. The number of cyclic esters (lactones) is 1. The fourth-order valence-electron chi connectivity index (χ4n) is 2.37. The van der Waals surface area contributed by atoms with Crippen LogP contribution in [0.25, 0.3) is 0 Å². The Morgan fingerprint density at radius 3 is 2.59 bits per heavy atom. The highest BCUT2D eigenvalue weighted by Gasteiger charge is 2.36. The first kappa shape index (κ1) is 16.9. The van der Waals surface area contributed by atoms with Crippen molar-refractivity contribution in [2.24, 2.45) is 0 Å². The van der Waals surface area contributed by atoms with Crippen molar-refractivity contribution in [1.29, 1.82) is 0 Å². The SMILES string of the molecule is Cc1ccc(S(=O)(=O)OCCC2CC(C)(O)CC(=O)O2)cc1. The maximum absolute atomic E-state index is 12.0. The minimum atomic E-state index is -3.82. The summed E-state index contributed by atoms with van der Waals surface area (Å²) in [5.41, 5.74) is -0.161. The van der Waals surface area contributed by atoms with E-state index in [4.69, 9.17) is 8.92 Å². The van der Waals surface area contributed by atoms with Crippen LogP contribution in [-0.2, 0) is 23.8 Å². The van der Waals surface area contributed by atoms with E-state index in [1.54, 1.807) is 19.1 Å². The van der Waals surface area contributed by atoms with Crippen LogP contribution in [-0.4, -0.2) is 37.8 Å². The average Bonchev–Trinajstić information content (AvgIpc) is 2.36. The van der Waals surface area contributed by atoms with Crippen LogP contribution in [0.3, 0.4) is 0 Å². The molecule has 122 valence electrons. The summed E-state index contributed by atoms with van der Waals surface area (Å²) in [6.07, 6.45) is -0.101. The van der Waals surface area contributed by atoms with E-state index in [1.165, 1.54) is 12.1 Å². The lowest BCUT2D eigenvalue weighted by Crippen LogP contribution is -2.41. The van der Waals surface area contributed by atoms with Crippen LogP contribution in [0.2, 0.25) is 0 Å². The molecule has 0 amide bonds. The Balaban J connectivity index is 1.90. The molecule has 0 aliphatic carbocycles. The van der Waals surface area contributed by atoms with Crippen molar-refractivity contribution in [1.82, 2.24) is 0 Å². The van der Waals surface area contributed by atoms with Crippen molar-refractivity contribution < 1.29 is 27.2 Å². The van der Waals surface area contributed by atoms with E-state index >= 15 is 0 Å². The molecule has 0 saturated carbocycles. The third-order valence-electron chi connectivity index (χ3n) is 3.48. The second-order valence-electron chi connectivity index (χ2n) is 5.87. The molecular formula is C15H20O6S. The van der Waals surface area contributed by atoms with Gasteiger partial charge in [-0.1, -0.05) is 17.7 Å². The molecule has 1 N–H and O–H groups in total. The lowest BCUT2D eigenvalue weighted by Gasteiger charge is -2.33. The zero-order valence-electron chi connectivity index (χ0n) is 12.6. The second-order valence-corrected chi connectivity index (χ2v) is 7.48. The maximum Gasteiger partial charge on any atom is 0.308 e. The Bertz CT molecular complexity index is 633. The van der Waals surface area contributed by atoms with Gasteiger partial charge in [-0.05, 0) is 26.0 Å². The van der Waals surface area contributed by atoms with Gasteiger partial charge in [0, 0.05) is 12.8 Å². The average molecular weight is 328 g/mol. The Morgan fingerprint density at radius 2 is 2.00 bits per heavy atom. The Morgan fingerprint density at radius 1 is 1.36 bits per heavy atom. The van der Waals surface area contributed by atoms with Crippen molar-refractivity contribution in [2.45, 2.75) is 49.7 Å². The monoisotopic (exact) mass is 328 g/mol. The Hall–Kier alpha value is -1.44. The molecule has 2 unspecified atom stereocenters. The molecule has 0 radical (unpaired) electrons. The molecule has 1 saturated heterocycles. The fraction of sp³-hybridized carbons (Fsp3) is 0.533. The molecule has 7 heteroatoms. The third-order valence-corrected chi connectivity index (χ3v) is 4.81. The maximum atomic E-state index is 12.0. The molecule has 1 aromatic carbocycles. The zero-order valence-corrected chi connectivity index (χ0v) is 13.4. The molecule has 0 bridgehead atoms. The molecule has 1 aromatic rings. The predicted octanol–water partition coefficient (Wildman–Crippen LogP) is 1.55. The number of rotatable bonds is 5. The van der Waals surface area contributed by atoms with Gasteiger partial charge in [0.1, 0.15) is 6.10 Å². The second kappa shape index (κ2) is 6.36. The van der Waals surface area contributed by atoms with Gasteiger partial charge in [-0.25, -0.2) is 0 Å². The van der Waals surface area contributed by atoms with E-state index in [9.17, 15) is 18.3 Å². The molecule has 2 atom stereocenters. The number of hydrogen-bond acceptors (Lipinski definition) is 6. The molecule has 2 rings (SSSR count). The molecule has 0 aromatic heterocycles. The van der Waals surface area contributed by atoms with E-state index in [0.717, 1.165) is 5.56 Å². The van der Waals surface area contributed by atoms with Gasteiger partial charge < -0.3 is 9.84 Å². The van der Waals surface area contributed by atoms with Gasteiger partial charge in [0.15, 0.2) is 0 Å². The first-order chi connectivity index (χ1) is 10.2. The van der Waals surface area contributed by atoms with Crippen molar-refractivity contribution in [3.05, 3.63) is 29.8 Å². The van der Waals surface area contributed by atoms with Crippen LogP contribution >= 0.6 is 0 Å². The Kier molecular flexibility index (Phi) is 4.89. The minimum absolute atomic E-state index is 0.0496. The smallest absolute Gasteiger partial charge is 0.308 e. The lowest BCUT2D eigenvalue weighted by atomic mass is 9.91. The summed E-state index contributed by atoms with van der Waals surface area (Å²) in [5.74, 6) is -0.484. The van der Waals surface area contributed by atoms with E-state index in [1.807, 2.05) is 6.92 Å². The van der Waals surface area contributed by atoms with Gasteiger partial charge in [-0.15, -0.1) is 0 Å². The number of ether oxygens (including phenoxy) is 1. The number of benzene rings is 1. The topological polar surface area (TPSA) is 89.9 Å². The number of aliphatic hydroxyl groups is 1. The molecular weight excluding hydrogens is 308 g/mol. The first-order valence-electron chi connectivity index (χ1n) is 7.06. The number of esters is 1. The Labute approximate surface area is 130 Å². The van der Waals surface area contributed by atoms with Gasteiger partial charge >= 0.3 is 5.97 Å². The van der Waals surface area contributed by atoms with Crippen molar-refractivity contribution in [3.8, 4) is 0 Å². The number of aryl methyl sites for hydroxylation is 1. The van der Waals surface area contributed by atoms with Crippen molar-refractivity contribution in [3.63, 3.8) is 0 Å². The summed E-state index contributed by atoms with van der Waals surface area (Å²) in [7, 11) is -3.82. The van der Waals surface area contributed by atoms with Crippen LogP contribution in [0.15, 0.2) is 29.2 Å². The molecule has 0 spiro atoms. The standard InChI is InChI=1S/C15H20O6S/c1-11-3-5-13(6-4-11)22(18,19)20-8-7-12-9-15(2,17)10-14(16)21-12/h3-6,12,17H,7-10H2,1-2H3. The highest BCUT2D eigenvalue weighted by Crippen LogP contribution is 2.27. The highest BCUT2D eigenvalue weighted by molar-refractivity contribution is 7.86. The number of carbonyl (C=O) groups excluding carboxylic acids is 1. The summed E-state index contributed by atoms with van der Waals surface area (Å²) in [6, 6.07) is 6.35. The van der Waals surface area contributed by atoms with E-state index in [2.05, 4.69) is 0 Å². The summed E-state index contributed by atoms with van der Waals surface area (Å²) in [4.78, 5) is 11.4. The first-order valence-corrected chi connectivity index (χ1v) is 8.47. The molecule has 1 aliphatic heterocycles. The fourth-order valence-corrected chi connectivity index (χ4v) is 3.29. The summed E-state index contributed by atoms with van der Waals surface area (Å²) >= 11 is 0. The van der Waals surface area contributed by atoms with Gasteiger partial charge in [0.2, 0.25) is 0 Å². The van der Waals surface area contributed by atoms with Gasteiger partial charge in [-0.2, -0.15) is 8.42 Å². The van der Waals surface area contributed by atoms with Crippen LogP contribution in [0.5, 0.6) is 0 Å². The largest absolute Gasteiger partial charge is 0.462 e. The zero-order chi connectivity index (χ0) is 16.4. The minimum Gasteiger partial charge on any atom is -0.462 e. The van der Waals surface area contributed by atoms with E-state index in [0.29, 0.717) is 0 Å². The number of carbonyl (C=O) groups is 1. The summed E-state index contributed by atoms with van der Waals surface area (Å²) in [6.45, 7) is 3.31. The molecule has 6 nitrogen and oxygen atoms in total. The van der Waals surface area contributed by atoms with Gasteiger partial charge in [0.25, 0.3) is 10.1 Å². The quantitative estimate of drug-likeness (QED) is 0.651. The van der Waals surface area contributed by atoms with E-state index < -0.39 is 27.8 Å². The molecule has 1 heterocycles. The lowest BCUT2D eigenvalue weighted by molar-refractivity contribution is -0.168. The summed E-state index contributed by atoms with van der Waals surface area (Å²) in [5, 5.41) is 9.92. The van der Waals surface area contributed by atoms with Gasteiger partial charge in [-0.3, -0.25) is 8.98 Å². The van der Waals surface area contributed by atoms with Crippen LogP contribution in [0.1, 0.15) is 31.7 Å². The van der Waals surface area contributed by atoms with Crippen LogP contribution in [0.4, 0.5) is 0 Å². The third kappa shape index (κ3) is 4.53. The normalized spacial score (nSPS) is 25.8. The van der Waals surface area contributed by atoms with E-state index in [-0.39, 0.29) is 30.8 Å². The van der Waals surface area contributed by atoms with Crippen molar-refractivity contribution >= 4 is 16.1 Å². The van der Waals surface area contributed by atoms with Crippen molar-refractivity contribution in [2.75, 3.05) is 6.61 Å². The highest BCUT2D eigenvalue weighted by atomic mass is 32.2.